The zero-order valence-corrected chi connectivity index (χ0v) is 33.6. The first-order valence-corrected chi connectivity index (χ1v) is 19.8. The number of phenolic OH excluding ortho intramolecular Hbond substituents is 1. The van der Waals surface area contributed by atoms with Crippen molar-refractivity contribution in [2.45, 2.75) is 51.1 Å². The van der Waals surface area contributed by atoms with E-state index in [2.05, 4.69) is 42.2 Å². The van der Waals surface area contributed by atoms with Crippen molar-refractivity contribution in [1.29, 1.82) is 0 Å². The number of ether oxygens (including phenoxy) is 1. The van der Waals surface area contributed by atoms with Crippen molar-refractivity contribution in [3.63, 3.8) is 0 Å². The van der Waals surface area contributed by atoms with Crippen molar-refractivity contribution >= 4 is 41.1 Å². The van der Waals surface area contributed by atoms with E-state index in [9.17, 15) is 33.9 Å². The second kappa shape index (κ2) is 24.1. The van der Waals surface area contributed by atoms with Gasteiger partial charge in [-0.1, -0.05) is 61.5 Å². The summed E-state index contributed by atoms with van der Waals surface area (Å²) in [6.07, 6.45) is 1.43. The highest BCUT2D eigenvalue weighted by molar-refractivity contribution is 5.93. The molecule has 18 nitrogen and oxygen atoms in total. The van der Waals surface area contributed by atoms with Crippen LogP contribution in [0.4, 0.5) is 16.2 Å². The molecule has 0 bridgehead atoms. The maximum absolute atomic E-state index is 14.2. The standard InChI is InChI=1S/C42H54N10O8/c1-2-33(54)45-23-24-49-42(59)52-41(44)48-20-6-10-32(39(57)50-26-27-11-15-30(53)16-12-27)51-40(58)34(28-8-4-3-5-9-28)29-13-17-31(18-14-29)60-25-7-21-46-35-36(47-22-19-43)38(56)37(35)55/h3-5,8-9,11-18,32,34,46-47,53H,2,6-7,10,19-26,43H2,1H3,(H,45,54)(H,50,57)(H,51,58)(H4,44,48,49,52,59)/t32-,34?/m1/s1. The lowest BCUT2D eigenvalue weighted by Crippen LogP contribution is -2.48. The van der Waals surface area contributed by atoms with Crippen LogP contribution in [0.3, 0.4) is 0 Å². The first-order valence-electron chi connectivity index (χ1n) is 19.8. The van der Waals surface area contributed by atoms with Crippen LogP contribution in [0, 0.1) is 0 Å². The number of carbonyl (C=O) groups is 4. The Morgan fingerprint density at radius 1 is 0.733 bits per heavy atom. The van der Waals surface area contributed by atoms with Gasteiger partial charge in [0.05, 0.1) is 12.5 Å². The summed E-state index contributed by atoms with van der Waals surface area (Å²) in [4.78, 5) is 78.8. The summed E-state index contributed by atoms with van der Waals surface area (Å²) in [6, 6.07) is 21.0. The number of urea groups is 1. The molecule has 0 aliphatic carbocycles. The third kappa shape index (κ3) is 14.5. The zero-order chi connectivity index (χ0) is 43.3. The third-order valence-electron chi connectivity index (χ3n) is 9.13. The highest BCUT2D eigenvalue weighted by atomic mass is 16.5. The van der Waals surface area contributed by atoms with Crippen molar-refractivity contribution < 1.29 is 29.0 Å². The van der Waals surface area contributed by atoms with Crippen LogP contribution in [0.15, 0.2) is 93.4 Å². The van der Waals surface area contributed by atoms with E-state index in [1.54, 1.807) is 43.3 Å². The van der Waals surface area contributed by atoms with Crippen molar-refractivity contribution in [2.24, 2.45) is 16.5 Å². The lowest BCUT2D eigenvalue weighted by molar-refractivity contribution is -0.129. The number of aliphatic imine (C=N–C) groups is 1. The fourth-order valence-corrected chi connectivity index (χ4v) is 5.96. The van der Waals surface area contributed by atoms with E-state index in [-0.39, 0.29) is 61.6 Å². The smallest absolute Gasteiger partial charge is 0.344 e. The normalized spacial score (nSPS) is 12.1. The quantitative estimate of drug-likeness (QED) is 0.0205. The van der Waals surface area contributed by atoms with E-state index in [0.29, 0.717) is 62.4 Å². The Balaban J connectivity index is 1.38. The molecule has 0 aliphatic heterocycles. The molecule has 0 saturated heterocycles. The number of carbonyl (C=O) groups excluding carboxylic acids is 4. The number of nitrogens with two attached hydrogens (primary N) is 2. The van der Waals surface area contributed by atoms with Crippen molar-refractivity contribution in [3.8, 4) is 11.5 Å². The summed E-state index contributed by atoms with van der Waals surface area (Å²) in [5.74, 6) is -1.25. The van der Waals surface area contributed by atoms with Gasteiger partial charge >= 0.3 is 6.03 Å². The van der Waals surface area contributed by atoms with Crippen molar-refractivity contribution in [3.05, 3.63) is 116 Å². The van der Waals surface area contributed by atoms with Crippen molar-refractivity contribution in [2.75, 3.05) is 56.5 Å². The van der Waals surface area contributed by atoms with Gasteiger partial charge < -0.3 is 58.5 Å². The van der Waals surface area contributed by atoms with Gasteiger partial charge in [0.15, 0.2) is 5.96 Å². The number of aromatic hydroxyl groups is 1. The summed E-state index contributed by atoms with van der Waals surface area (Å²) >= 11 is 0. The summed E-state index contributed by atoms with van der Waals surface area (Å²) in [5.41, 5.74) is 12.9. The minimum absolute atomic E-state index is 0.0916. The molecule has 320 valence electrons. The van der Waals surface area contributed by atoms with Crippen molar-refractivity contribution in [1.82, 2.24) is 26.6 Å². The molecule has 0 heterocycles. The Kier molecular flexibility index (Phi) is 18.4. The second-order valence-electron chi connectivity index (χ2n) is 13.6. The number of anilines is 2. The van der Waals surface area contributed by atoms with Crippen LogP contribution in [-0.4, -0.2) is 86.7 Å². The van der Waals surface area contributed by atoms with Gasteiger partial charge in [-0.2, -0.15) is 4.99 Å². The number of nitrogens with one attached hydrogen (secondary N) is 7. The fraction of sp³-hybridized carbons (Fsp3) is 0.357. The molecule has 4 rings (SSSR count). The predicted octanol–water partition coefficient (Wildman–Crippen LogP) is 1.09. The van der Waals surface area contributed by atoms with E-state index in [0.717, 1.165) is 5.56 Å². The number of rotatable bonds is 24. The third-order valence-corrected chi connectivity index (χ3v) is 9.13. The molecule has 12 N–H and O–H groups in total. The van der Waals surface area contributed by atoms with E-state index in [1.165, 1.54) is 12.1 Å². The first kappa shape index (κ1) is 45.7. The van der Waals surface area contributed by atoms with Crippen LogP contribution >= 0.6 is 0 Å². The predicted molar refractivity (Wildman–Crippen MR) is 230 cm³/mol. The summed E-state index contributed by atoms with van der Waals surface area (Å²) in [6.45, 7) is 3.95. The molecule has 0 fully saturated rings. The molecular weight excluding hydrogens is 773 g/mol. The molecule has 0 saturated carbocycles. The van der Waals surface area contributed by atoms with Gasteiger partial charge in [-0.25, -0.2) is 4.79 Å². The maximum Gasteiger partial charge on any atom is 0.344 e. The molecule has 5 amide bonds. The van der Waals surface area contributed by atoms with Crippen LogP contribution < -0.4 is 64.3 Å². The molecule has 0 aromatic heterocycles. The van der Waals surface area contributed by atoms with Gasteiger partial charge in [0.2, 0.25) is 17.7 Å². The van der Waals surface area contributed by atoms with E-state index < -0.39 is 40.7 Å². The summed E-state index contributed by atoms with van der Waals surface area (Å²) in [7, 11) is 0. The molecule has 2 atom stereocenters. The largest absolute Gasteiger partial charge is 0.508 e. The molecule has 18 heteroatoms. The molecule has 4 aromatic carbocycles. The Hall–Kier alpha value is -6.95. The maximum atomic E-state index is 14.2. The summed E-state index contributed by atoms with van der Waals surface area (Å²) < 4.78 is 5.91. The van der Waals surface area contributed by atoms with Gasteiger partial charge in [-0.05, 0) is 60.2 Å². The monoisotopic (exact) mass is 826 g/mol. The zero-order valence-electron chi connectivity index (χ0n) is 33.6. The minimum Gasteiger partial charge on any atom is -0.508 e. The highest BCUT2D eigenvalue weighted by Crippen LogP contribution is 2.27. The van der Waals surface area contributed by atoms with Crippen LogP contribution in [-0.2, 0) is 20.9 Å². The van der Waals surface area contributed by atoms with Crippen LogP contribution in [0.5, 0.6) is 11.5 Å². The molecule has 4 aromatic rings. The lowest BCUT2D eigenvalue weighted by Gasteiger charge is -2.23. The minimum atomic E-state index is -0.963. The SMILES string of the molecule is CCC(=O)NCCNC(=O)/N=C(/N)NCCC[C@@H](NC(=O)C(c1ccccc1)c1ccc(OCCCNc2c(NCCN)c(=O)c2=O)cc1)C(=O)NCc1ccc(O)cc1. The molecule has 60 heavy (non-hydrogen) atoms. The Morgan fingerprint density at radius 2 is 1.38 bits per heavy atom. The summed E-state index contributed by atoms with van der Waals surface area (Å²) in [5, 5.41) is 29.3. The Labute approximate surface area is 347 Å². The van der Waals surface area contributed by atoms with Crippen LogP contribution in [0.1, 0.15) is 55.2 Å². The number of amides is 5. The van der Waals surface area contributed by atoms with Crippen LogP contribution in [0.25, 0.3) is 0 Å². The van der Waals surface area contributed by atoms with Gasteiger partial charge in [0, 0.05) is 52.2 Å². The molecule has 0 spiro atoms. The number of hydrogen-bond donors (Lipinski definition) is 10. The Morgan fingerprint density at radius 3 is 2.05 bits per heavy atom. The lowest BCUT2D eigenvalue weighted by atomic mass is 9.90. The average molecular weight is 827 g/mol. The Bertz CT molecular complexity index is 2100. The number of nitrogens with zero attached hydrogens (tertiary/aromatic N) is 1. The molecule has 1 unspecified atom stereocenters. The van der Waals surface area contributed by atoms with Gasteiger partial charge in [-0.15, -0.1) is 0 Å². The van der Waals surface area contributed by atoms with Gasteiger partial charge in [-0.3, -0.25) is 24.0 Å². The van der Waals surface area contributed by atoms with E-state index in [4.69, 9.17) is 16.2 Å². The van der Waals surface area contributed by atoms with E-state index in [1.807, 2.05) is 30.3 Å². The topological polar surface area (TPSA) is 280 Å². The number of hydrogen-bond acceptors (Lipinski definition) is 11. The number of phenols is 1. The molecule has 0 aliphatic rings. The number of benzene rings is 3. The fourth-order valence-electron chi connectivity index (χ4n) is 5.96. The van der Waals surface area contributed by atoms with Gasteiger partial charge in [0.25, 0.3) is 10.9 Å². The highest BCUT2D eigenvalue weighted by Gasteiger charge is 2.28. The van der Waals surface area contributed by atoms with E-state index >= 15 is 0 Å². The average Bonchev–Trinajstić information content (AvgIpc) is 3.25. The molecule has 0 radical (unpaired) electrons. The number of guanidine groups is 1. The van der Waals surface area contributed by atoms with Gasteiger partial charge in [0.1, 0.15) is 28.9 Å². The van der Waals surface area contributed by atoms with Crippen LogP contribution in [0.2, 0.25) is 0 Å². The second-order valence-corrected chi connectivity index (χ2v) is 13.6. The molecular formula is C42H54N10O8. The first-order chi connectivity index (χ1) is 29.0.